The minimum atomic E-state index is 0.205. The molecule has 0 N–H and O–H groups in total. The highest BCUT2D eigenvalue weighted by Gasteiger charge is 2.14. The van der Waals surface area contributed by atoms with Crippen molar-refractivity contribution >= 4 is 0 Å². The molecule has 0 fully saturated rings. The molecule has 0 nitrogen and oxygen atoms in total. The summed E-state index contributed by atoms with van der Waals surface area (Å²) in [5.41, 5.74) is 8.19. The largest absolute Gasteiger partial charge is 0.0587 e. The van der Waals surface area contributed by atoms with E-state index in [1.54, 1.807) is 0 Å². The summed E-state index contributed by atoms with van der Waals surface area (Å²) < 4.78 is 0. The maximum Gasteiger partial charge on any atom is -0.0132 e. The third kappa shape index (κ3) is 3.32. The van der Waals surface area contributed by atoms with Crippen LogP contribution in [0.3, 0.4) is 0 Å². The molecular weight excluding hydrogens is 276 g/mol. The Morgan fingerprint density at radius 1 is 0.609 bits per heavy atom. The Balaban J connectivity index is 1.98. The molecule has 0 atom stereocenters. The van der Waals surface area contributed by atoms with Crippen molar-refractivity contribution in [3.05, 3.63) is 71.8 Å². The smallest absolute Gasteiger partial charge is 0.0132 e. The van der Waals surface area contributed by atoms with E-state index in [0.717, 1.165) is 0 Å². The van der Waals surface area contributed by atoms with Gasteiger partial charge in [-0.2, -0.15) is 0 Å². The van der Waals surface area contributed by atoms with Gasteiger partial charge in [0.05, 0.1) is 0 Å². The van der Waals surface area contributed by atoms with Crippen LogP contribution < -0.4 is 0 Å². The summed E-state index contributed by atoms with van der Waals surface area (Å²) >= 11 is 0. The zero-order valence-corrected chi connectivity index (χ0v) is 14.9. The lowest BCUT2D eigenvalue weighted by Crippen LogP contribution is -2.10. The second-order valence-electron chi connectivity index (χ2n) is 7.80. The van der Waals surface area contributed by atoms with Gasteiger partial charge in [-0.15, -0.1) is 0 Å². The van der Waals surface area contributed by atoms with E-state index in [2.05, 4.69) is 95.3 Å². The molecule has 0 unspecified atom stereocenters. The molecule has 0 radical (unpaired) electrons. The van der Waals surface area contributed by atoms with Crippen molar-refractivity contribution < 1.29 is 0 Å². The Labute approximate surface area is 140 Å². The molecule has 0 spiro atoms. The monoisotopic (exact) mass is 302 g/mol. The van der Waals surface area contributed by atoms with Crippen LogP contribution in [0.2, 0.25) is 0 Å². The van der Waals surface area contributed by atoms with Crippen molar-refractivity contribution in [1.29, 1.82) is 0 Å². The first kappa shape index (κ1) is 15.8. The van der Waals surface area contributed by atoms with Crippen LogP contribution in [0.15, 0.2) is 60.7 Å². The van der Waals surface area contributed by atoms with Gasteiger partial charge in [0.25, 0.3) is 0 Å². The van der Waals surface area contributed by atoms with E-state index in [-0.39, 0.29) is 5.41 Å². The Kier molecular flexibility index (Phi) is 4.02. The first-order valence-corrected chi connectivity index (χ1v) is 8.49. The summed E-state index contributed by atoms with van der Waals surface area (Å²) in [5, 5.41) is 0. The maximum absolute atomic E-state index is 2.30. The van der Waals surface area contributed by atoms with Crippen LogP contribution in [0.5, 0.6) is 0 Å². The van der Waals surface area contributed by atoms with Crippen molar-refractivity contribution in [3.63, 3.8) is 0 Å². The molecule has 0 heterocycles. The topological polar surface area (TPSA) is 0 Å². The SMILES string of the molecule is CC(C)c1ccc2cc(-c3ccc(C(C)(C)C)cc3)cc-2cc1. The highest BCUT2D eigenvalue weighted by Crippen LogP contribution is 2.33. The van der Waals surface area contributed by atoms with Crippen molar-refractivity contribution in [2.75, 3.05) is 0 Å². The van der Waals surface area contributed by atoms with Crippen LogP contribution in [-0.2, 0) is 5.41 Å². The minimum absolute atomic E-state index is 0.205. The Morgan fingerprint density at radius 2 is 1.09 bits per heavy atom. The van der Waals surface area contributed by atoms with Gasteiger partial charge in [-0.3, -0.25) is 0 Å². The van der Waals surface area contributed by atoms with Gasteiger partial charge in [0.1, 0.15) is 0 Å². The molecule has 1 aromatic carbocycles. The zero-order valence-electron chi connectivity index (χ0n) is 14.9. The highest BCUT2D eigenvalue weighted by atomic mass is 14.2. The second kappa shape index (κ2) is 5.85. The highest BCUT2D eigenvalue weighted by molar-refractivity contribution is 5.80. The van der Waals surface area contributed by atoms with Gasteiger partial charge in [-0.05, 0) is 56.8 Å². The lowest BCUT2D eigenvalue weighted by molar-refractivity contribution is 0.590. The van der Waals surface area contributed by atoms with Crippen LogP contribution in [-0.4, -0.2) is 0 Å². The van der Waals surface area contributed by atoms with E-state index >= 15 is 0 Å². The van der Waals surface area contributed by atoms with E-state index in [1.807, 2.05) is 0 Å². The van der Waals surface area contributed by atoms with E-state index in [4.69, 9.17) is 0 Å². The third-order valence-corrected chi connectivity index (χ3v) is 4.62. The normalized spacial score (nSPS) is 12.1. The molecule has 1 aromatic rings. The van der Waals surface area contributed by atoms with Crippen LogP contribution in [0.25, 0.3) is 22.3 Å². The molecular formula is C23H26. The molecule has 0 saturated heterocycles. The fourth-order valence-corrected chi connectivity index (χ4v) is 2.97. The molecule has 23 heavy (non-hydrogen) atoms. The molecule has 2 aliphatic rings. The van der Waals surface area contributed by atoms with Gasteiger partial charge in [-0.25, -0.2) is 0 Å². The molecule has 0 saturated carbocycles. The van der Waals surface area contributed by atoms with Gasteiger partial charge in [0, 0.05) is 0 Å². The standard InChI is InChI=1S/C23H26/c1-16(2)17-6-8-19-14-21(15-20(19)9-7-17)18-10-12-22(13-11-18)23(3,4)5/h6-16H,1-5H3. The summed E-state index contributed by atoms with van der Waals surface area (Å²) in [4.78, 5) is 0. The van der Waals surface area contributed by atoms with Gasteiger partial charge in [-0.1, -0.05) is 83.1 Å². The van der Waals surface area contributed by atoms with Crippen LogP contribution in [0.1, 0.15) is 51.7 Å². The maximum atomic E-state index is 2.30. The molecule has 0 heteroatoms. The molecule has 118 valence electrons. The molecule has 0 aromatic heterocycles. The Bertz CT molecular complexity index is 736. The van der Waals surface area contributed by atoms with Crippen LogP contribution in [0.4, 0.5) is 0 Å². The summed E-state index contributed by atoms with van der Waals surface area (Å²) in [7, 11) is 0. The van der Waals surface area contributed by atoms with E-state index < -0.39 is 0 Å². The summed E-state index contributed by atoms with van der Waals surface area (Å²) in [5.74, 6) is 0.566. The molecule has 3 rings (SSSR count). The fraction of sp³-hybridized carbons (Fsp3) is 0.304. The Morgan fingerprint density at radius 3 is 1.52 bits per heavy atom. The predicted molar refractivity (Wildman–Crippen MR) is 101 cm³/mol. The number of rotatable bonds is 2. The first-order chi connectivity index (χ1) is 10.8. The molecule has 0 amide bonds. The van der Waals surface area contributed by atoms with Crippen molar-refractivity contribution in [2.24, 2.45) is 0 Å². The number of hydrogen-bond acceptors (Lipinski definition) is 0. The number of fused-ring (bicyclic) bond motifs is 1. The lowest BCUT2D eigenvalue weighted by atomic mass is 9.86. The lowest BCUT2D eigenvalue weighted by Gasteiger charge is -2.19. The molecule has 0 aliphatic heterocycles. The third-order valence-electron chi connectivity index (χ3n) is 4.62. The second-order valence-corrected chi connectivity index (χ2v) is 7.80. The van der Waals surface area contributed by atoms with Gasteiger partial charge >= 0.3 is 0 Å². The molecule has 0 bridgehead atoms. The van der Waals surface area contributed by atoms with Crippen LogP contribution >= 0.6 is 0 Å². The summed E-state index contributed by atoms with van der Waals surface area (Å²) in [6.45, 7) is 11.2. The van der Waals surface area contributed by atoms with E-state index in [9.17, 15) is 0 Å². The van der Waals surface area contributed by atoms with Gasteiger partial charge < -0.3 is 0 Å². The van der Waals surface area contributed by atoms with E-state index in [0.29, 0.717) is 5.92 Å². The summed E-state index contributed by atoms with van der Waals surface area (Å²) in [6, 6.07) is 22.6. The number of hydrogen-bond donors (Lipinski definition) is 0. The quantitative estimate of drug-likeness (QED) is 0.484. The minimum Gasteiger partial charge on any atom is -0.0587 e. The predicted octanol–water partition coefficient (Wildman–Crippen LogP) is 6.88. The average Bonchev–Trinajstić information content (AvgIpc) is 2.79. The van der Waals surface area contributed by atoms with E-state index in [1.165, 1.54) is 33.4 Å². The van der Waals surface area contributed by atoms with Gasteiger partial charge in [0.2, 0.25) is 0 Å². The van der Waals surface area contributed by atoms with Crippen molar-refractivity contribution in [2.45, 2.75) is 46.0 Å². The summed E-state index contributed by atoms with van der Waals surface area (Å²) in [6.07, 6.45) is 0. The fourth-order valence-electron chi connectivity index (χ4n) is 2.97. The molecule has 2 aliphatic carbocycles. The van der Waals surface area contributed by atoms with Crippen molar-refractivity contribution in [3.8, 4) is 22.3 Å². The Hall–Kier alpha value is -2.08. The number of benzene rings is 1. The first-order valence-electron chi connectivity index (χ1n) is 8.49. The van der Waals surface area contributed by atoms with Crippen molar-refractivity contribution in [1.82, 2.24) is 0 Å². The average molecular weight is 302 g/mol. The van der Waals surface area contributed by atoms with Crippen LogP contribution in [0, 0.1) is 0 Å². The van der Waals surface area contributed by atoms with Gasteiger partial charge in [0.15, 0.2) is 0 Å². The zero-order chi connectivity index (χ0) is 16.6.